The van der Waals surface area contributed by atoms with Crippen molar-refractivity contribution in [1.82, 2.24) is 4.90 Å². The highest BCUT2D eigenvalue weighted by atomic mass is 16.5. The van der Waals surface area contributed by atoms with Gasteiger partial charge in [-0.05, 0) is 25.2 Å². The van der Waals surface area contributed by atoms with Gasteiger partial charge in [-0.3, -0.25) is 4.79 Å². The summed E-state index contributed by atoms with van der Waals surface area (Å²) < 4.78 is 5.22. The van der Waals surface area contributed by atoms with Gasteiger partial charge in [0.1, 0.15) is 6.04 Å². The van der Waals surface area contributed by atoms with Crippen molar-refractivity contribution in [3.05, 3.63) is 0 Å². The summed E-state index contributed by atoms with van der Waals surface area (Å²) in [5.74, 6) is -0.827. The van der Waals surface area contributed by atoms with Crippen LogP contribution < -0.4 is 0 Å². The monoisotopic (exact) mass is 257 g/mol. The molecule has 1 fully saturated rings. The van der Waals surface area contributed by atoms with E-state index in [1.165, 1.54) is 4.90 Å². The summed E-state index contributed by atoms with van der Waals surface area (Å²) in [7, 11) is 1.60. The molecule has 1 aliphatic rings. The van der Waals surface area contributed by atoms with Crippen molar-refractivity contribution < 1.29 is 19.4 Å². The van der Waals surface area contributed by atoms with Gasteiger partial charge in [-0.2, -0.15) is 0 Å². The zero-order valence-corrected chi connectivity index (χ0v) is 11.4. The lowest BCUT2D eigenvalue weighted by Crippen LogP contribution is -2.46. The summed E-state index contributed by atoms with van der Waals surface area (Å²) in [6.45, 7) is 5.10. The van der Waals surface area contributed by atoms with E-state index in [4.69, 9.17) is 4.74 Å². The van der Waals surface area contributed by atoms with E-state index in [9.17, 15) is 14.7 Å². The molecule has 1 aliphatic heterocycles. The molecule has 0 aromatic heterocycles. The third-order valence-electron chi connectivity index (χ3n) is 3.37. The van der Waals surface area contributed by atoms with Crippen LogP contribution in [0.5, 0.6) is 0 Å². The van der Waals surface area contributed by atoms with Crippen molar-refractivity contribution >= 4 is 11.9 Å². The largest absolute Gasteiger partial charge is 0.480 e. The number of nitrogens with zero attached hydrogens (tertiary/aromatic N) is 1. The van der Waals surface area contributed by atoms with E-state index in [1.807, 2.05) is 13.8 Å². The van der Waals surface area contributed by atoms with Crippen LogP contribution in [0.2, 0.25) is 0 Å². The maximum Gasteiger partial charge on any atom is 0.326 e. The second-order valence-corrected chi connectivity index (χ2v) is 5.32. The highest BCUT2D eigenvalue weighted by Crippen LogP contribution is 2.20. The van der Waals surface area contributed by atoms with Gasteiger partial charge in [-0.25, -0.2) is 4.79 Å². The lowest BCUT2D eigenvalue weighted by molar-refractivity contribution is -0.152. The summed E-state index contributed by atoms with van der Waals surface area (Å²) in [5, 5.41) is 9.22. The van der Waals surface area contributed by atoms with E-state index in [0.29, 0.717) is 32.5 Å². The summed E-state index contributed by atoms with van der Waals surface area (Å²) in [4.78, 5) is 24.9. The summed E-state index contributed by atoms with van der Waals surface area (Å²) in [6.07, 6.45) is 1.87. The van der Waals surface area contributed by atoms with Crippen LogP contribution in [0.25, 0.3) is 0 Å². The molecule has 0 spiro atoms. The number of hydrogen-bond donors (Lipinski definition) is 1. The van der Waals surface area contributed by atoms with Crippen LogP contribution in [0.1, 0.15) is 33.1 Å². The van der Waals surface area contributed by atoms with Crippen molar-refractivity contribution in [2.75, 3.05) is 20.3 Å². The second-order valence-electron chi connectivity index (χ2n) is 5.32. The number of carboxylic acid groups (broad SMARTS) is 1. The number of carbonyl (C=O) groups excluding carboxylic acids is 1. The Kier molecular flexibility index (Phi) is 5.59. The van der Waals surface area contributed by atoms with Crippen LogP contribution in [0.15, 0.2) is 0 Å². The molecule has 104 valence electrons. The SMILES string of the molecule is CC(C)CC(C(=O)O)N(C)C(=O)C1CCOCC1. The predicted molar refractivity (Wildman–Crippen MR) is 67.2 cm³/mol. The molecule has 0 aliphatic carbocycles. The number of rotatable bonds is 5. The highest BCUT2D eigenvalue weighted by molar-refractivity contribution is 5.84. The van der Waals surface area contributed by atoms with E-state index < -0.39 is 12.0 Å². The number of carbonyl (C=O) groups is 2. The van der Waals surface area contributed by atoms with Crippen LogP contribution in [0, 0.1) is 11.8 Å². The van der Waals surface area contributed by atoms with Crippen molar-refractivity contribution in [3.63, 3.8) is 0 Å². The van der Waals surface area contributed by atoms with Gasteiger partial charge in [0.15, 0.2) is 0 Å². The van der Waals surface area contributed by atoms with Gasteiger partial charge >= 0.3 is 5.97 Å². The molecule has 18 heavy (non-hydrogen) atoms. The molecule has 0 radical (unpaired) electrons. The van der Waals surface area contributed by atoms with Gasteiger partial charge in [0.2, 0.25) is 5.91 Å². The molecule has 1 amide bonds. The topological polar surface area (TPSA) is 66.8 Å². The lowest BCUT2D eigenvalue weighted by Gasteiger charge is -2.31. The van der Waals surface area contributed by atoms with E-state index in [1.54, 1.807) is 7.05 Å². The van der Waals surface area contributed by atoms with E-state index >= 15 is 0 Å². The molecule has 5 nitrogen and oxygen atoms in total. The van der Waals surface area contributed by atoms with Gasteiger partial charge < -0.3 is 14.7 Å². The molecule has 5 heteroatoms. The minimum Gasteiger partial charge on any atom is -0.480 e. The van der Waals surface area contributed by atoms with Gasteiger partial charge in [-0.1, -0.05) is 13.8 Å². The second kappa shape index (κ2) is 6.73. The summed E-state index contributed by atoms with van der Waals surface area (Å²) >= 11 is 0. The highest BCUT2D eigenvalue weighted by Gasteiger charge is 2.32. The predicted octanol–water partition coefficient (Wildman–Crippen LogP) is 1.37. The van der Waals surface area contributed by atoms with Crippen molar-refractivity contribution in [2.45, 2.75) is 39.2 Å². The fourth-order valence-electron chi connectivity index (χ4n) is 2.26. The van der Waals surface area contributed by atoms with E-state index in [0.717, 1.165) is 0 Å². The van der Waals surface area contributed by atoms with Gasteiger partial charge in [0, 0.05) is 26.2 Å². The first-order chi connectivity index (χ1) is 8.43. The number of likely N-dealkylation sites (N-methyl/N-ethyl adjacent to an activating group) is 1. The summed E-state index contributed by atoms with van der Waals surface area (Å²) in [5.41, 5.74) is 0. The van der Waals surface area contributed by atoms with Gasteiger partial charge in [-0.15, -0.1) is 0 Å². The molecule has 1 N–H and O–H groups in total. The molecule has 1 unspecified atom stereocenters. The quantitative estimate of drug-likeness (QED) is 0.807. The third kappa shape index (κ3) is 3.98. The zero-order chi connectivity index (χ0) is 13.7. The van der Waals surface area contributed by atoms with Crippen LogP contribution in [-0.4, -0.2) is 48.2 Å². The van der Waals surface area contributed by atoms with E-state index in [2.05, 4.69) is 0 Å². The molecule has 0 bridgehead atoms. The van der Waals surface area contributed by atoms with Gasteiger partial charge in [0.25, 0.3) is 0 Å². The lowest BCUT2D eigenvalue weighted by atomic mass is 9.96. The Morgan fingerprint density at radius 3 is 2.33 bits per heavy atom. The molecule has 0 aromatic rings. The van der Waals surface area contributed by atoms with Crippen LogP contribution in [-0.2, 0) is 14.3 Å². The first-order valence-electron chi connectivity index (χ1n) is 6.50. The third-order valence-corrected chi connectivity index (χ3v) is 3.37. The van der Waals surface area contributed by atoms with Crippen molar-refractivity contribution in [1.29, 1.82) is 0 Å². The maximum atomic E-state index is 12.2. The summed E-state index contributed by atoms with van der Waals surface area (Å²) in [6, 6.07) is -0.722. The Morgan fingerprint density at radius 1 is 1.33 bits per heavy atom. The number of ether oxygens (including phenoxy) is 1. The smallest absolute Gasteiger partial charge is 0.326 e. The van der Waals surface area contributed by atoms with Crippen molar-refractivity contribution in [2.24, 2.45) is 11.8 Å². The van der Waals surface area contributed by atoms with Crippen LogP contribution in [0.4, 0.5) is 0 Å². The Balaban J connectivity index is 2.65. The zero-order valence-electron chi connectivity index (χ0n) is 11.4. The van der Waals surface area contributed by atoms with Crippen LogP contribution >= 0.6 is 0 Å². The molecule has 1 saturated heterocycles. The molecule has 1 rings (SSSR count). The minimum absolute atomic E-state index is 0.0636. The molecule has 0 aromatic carbocycles. The number of amides is 1. The molecule has 1 heterocycles. The fraction of sp³-hybridized carbons (Fsp3) is 0.846. The Bertz CT molecular complexity index is 297. The first kappa shape index (κ1) is 15.0. The Morgan fingerprint density at radius 2 is 1.89 bits per heavy atom. The van der Waals surface area contributed by atoms with Gasteiger partial charge in [0.05, 0.1) is 0 Å². The normalized spacial score (nSPS) is 18.7. The molecular formula is C13H23NO4. The average Bonchev–Trinajstić information content (AvgIpc) is 2.34. The first-order valence-corrected chi connectivity index (χ1v) is 6.50. The van der Waals surface area contributed by atoms with Crippen LogP contribution in [0.3, 0.4) is 0 Å². The average molecular weight is 257 g/mol. The molecular weight excluding hydrogens is 234 g/mol. The number of carboxylic acids is 1. The fourth-order valence-corrected chi connectivity index (χ4v) is 2.26. The Labute approximate surface area is 108 Å². The maximum absolute atomic E-state index is 12.2. The molecule has 1 atom stereocenters. The van der Waals surface area contributed by atoms with E-state index in [-0.39, 0.29) is 17.7 Å². The minimum atomic E-state index is -0.924. The molecule has 0 saturated carbocycles. The number of aliphatic carboxylic acids is 1. The standard InChI is InChI=1S/C13H23NO4/c1-9(2)8-11(13(16)17)14(3)12(15)10-4-6-18-7-5-10/h9-11H,4-8H2,1-3H3,(H,16,17). The van der Waals surface area contributed by atoms with Crippen molar-refractivity contribution in [3.8, 4) is 0 Å². The Hall–Kier alpha value is -1.10. The number of hydrogen-bond acceptors (Lipinski definition) is 3.